The summed E-state index contributed by atoms with van der Waals surface area (Å²) in [6, 6.07) is 8.04. The summed E-state index contributed by atoms with van der Waals surface area (Å²) in [6.45, 7) is 3.81. The third kappa shape index (κ3) is 3.34. The molecule has 0 radical (unpaired) electrons. The predicted octanol–water partition coefficient (Wildman–Crippen LogP) is 3.25. The molecule has 2 aromatic heterocycles. The van der Waals surface area contributed by atoms with Crippen LogP contribution < -0.4 is 10.9 Å². The number of aromatic carboxylic acids is 1. The summed E-state index contributed by atoms with van der Waals surface area (Å²) in [7, 11) is 2.08. The van der Waals surface area contributed by atoms with Crippen LogP contribution in [0.15, 0.2) is 29.1 Å². The fourth-order valence-corrected chi connectivity index (χ4v) is 3.99. The Balaban J connectivity index is 0.00000225. The first kappa shape index (κ1) is 20.2. The van der Waals surface area contributed by atoms with Gasteiger partial charge in [0.05, 0.1) is 5.69 Å². The van der Waals surface area contributed by atoms with E-state index in [1.807, 2.05) is 0 Å². The Kier molecular flexibility index (Phi) is 5.63. The van der Waals surface area contributed by atoms with Crippen molar-refractivity contribution in [3.63, 3.8) is 0 Å². The van der Waals surface area contributed by atoms with Crippen molar-refractivity contribution in [3.8, 4) is 11.3 Å². The Labute approximate surface area is 169 Å². The highest BCUT2D eigenvalue weighted by atomic mass is 35.5. The number of hydrogen-bond donors (Lipinski definition) is 3. The normalized spacial score (nSPS) is 12.8. The molecule has 1 aliphatic rings. The summed E-state index contributed by atoms with van der Waals surface area (Å²) >= 11 is 0. The van der Waals surface area contributed by atoms with Crippen molar-refractivity contribution >= 4 is 29.3 Å². The summed E-state index contributed by atoms with van der Waals surface area (Å²) in [4.78, 5) is 26.4. The molecule has 0 spiro atoms. The molecule has 0 saturated carbocycles. The van der Waals surface area contributed by atoms with Gasteiger partial charge in [-0.05, 0) is 61.2 Å². The van der Waals surface area contributed by atoms with Crippen LogP contribution in [0.1, 0.15) is 40.5 Å². The second-order valence-electron chi connectivity index (χ2n) is 7.11. The Morgan fingerprint density at radius 3 is 2.68 bits per heavy atom. The molecule has 0 aliphatic heterocycles. The number of nitrogens with zero attached hydrogens (tertiary/aromatic N) is 1. The first-order valence-corrected chi connectivity index (χ1v) is 9.31. The van der Waals surface area contributed by atoms with Gasteiger partial charge in [0.1, 0.15) is 5.56 Å². The number of carbonyl (C=O) groups is 1. The second kappa shape index (κ2) is 7.81. The Morgan fingerprint density at radius 1 is 1.21 bits per heavy atom. The molecule has 6 nitrogen and oxygen atoms in total. The molecule has 0 amide bonds. The number of nitrogens with one attached hydrogen (secondary N) is 2. The fourth-order valence-electron chi connectivity index (χ4n) is 3.99. The number of carboxylic acid groups (broad SMARTS) is 1. The van der Waals surface area contributed by atoms with E-state index in [-0.39, 0.29) is 18.0 Å². The maximum atomic E-state index is 12.2. The highest BCUT2D eigenvalue weighted by Crippen LogP contribution is 2.34. The van der Waals surface area contributed by atoms with E-state index in [9.17, 15) is 14.7 Å². The van der Waals surface area contributed by atoms with Crippen LogP contribution in [0.5, 0.6) is 0 Å². The molecule has 7 heteroatoms. The number of aromatic nitrogens is 2. The van der Waals surface area contributed by atoms with Gasteiger partial charge in [-0.3, -0.25) is 4.79 Å². The molecule has 2 heterocycles. The van der Waals surface area contributed by atoms with Crippen LogP contribution in [0.2, 0.25) is 0 Å². The van der Waals surface area contributed by atoms with Gasteiger partial charge in [-0.1, -0.05) is 6.92 Å². The SMILES string of the molecule is CCNCc1cc2cc3c(cc2n1C)CCCc1cc(C(=O)O)c(=O)[nH]c1-3.Cl. The molecule has 0 bridgehead atoms. The van der Waals surface area contributed by atoms with Crippen LogP contribution in [0.4, 0.5) is 0 Å². The molecule has 3 N–H and O–H groups in total. The fraction of sp³-hybridized carbons (Fsp3) is 0.333. The van der Waals surface area contributed by atoms with Crippen molar-refractivity contribution in [2.45, 2.75) is 32.7 Å². The van der Waals surface area contributed by atoms with Crippen molar-refractivity contribution in [1.82, 2.24) is 14.9 Å². The van der Waals surface area contributed by atoms with E-state index in [1.165, 1.54) is 22.8 Å². The molecule has 0 unspecified atom stereocenters. The summed E-state index contributed by atoms with van der Waals surface area (Å²) in [5.74, 6) is -1.19. The molecule has 148 valence electrons. The average molecular weight is 402 g/mol. The molecule has 0 fully saturated rings. The van der Waals surface area contributed by atoms with Gasteiger partial charge in [0.2, 0.25) is 0 Å². The molecule has 0 saturated heterocycles. The maximum absolute atomic E-state index is 12.2. The Bertz CT molecular complexity index is 1110. The van der Waals surface area contributed by atoms with Crippen molar-refractivity contribution in [1.29, 1.82) is 0 Å². The van der Waals surface area contributed by atoms with Gasteiger partial charge in [-0.25, -0.2) is 4.79 Å². The van der Waals surface area contributed by atoms with Crippen LogP contribution in [-0.4, -0.2) is 27.2 Å². The average Bonchev–Trinajstić information content (AvgIpc) is 2.83. The number of aryl methyl sites for hydroxylation is 3. The van der Waals surface area contributed by atoms with E-state index in [0.29, 0.717) is 0 Å². The van der Waals surface area contributed by atoms with E-state index in [2.05, 4.69) is 47.0 Å². The largest absolute Gasteiger partial charge is 0.477 e. The van der Waals surface area contributed by atoms with Gasteiger partial charge >= 0.3 is 5.97 Å². The number of pyridine rings is 1. The third-order valence-electron chi connectivity index (χ3n) is 5.44. The molecule has 1 aliphatic carbocycles. The lowest BCUT2D eigenvalue weighted by Crippen LogP contribution is -2.19. The van der Waals surface area contributed by atoms with Crippen molar-refractivity contribution in [2.75, 3.05) is 6.54 Å². The van der Waals surface area contributed by atoms with Gasteiger partial charge < -0.3 is 20.0 Å². The third-order valence-corrected chi connectivity index (χ3v) is 5.44. The number of aromatic amines is 1. The second-order valence-corrected chi connectivity index (χ2v) is 7.11. The molecular weight excluding hydrogens is 378 g/mol. The van der Waals surface area contributed by atoms with Gasteiger partial charge in [-0.15, -0.1) is 12.4 Å². The van der Waals surface area contributed by atoms with Crippen LogP contribution in [-0.2, 0) is 26.4 Å². The standard InChI is InChI=1S/C21H23N3O3.ClH/c1-3-22-11-15-7-14-9-16-12(10-18(14)24(15)2)5-4-6-13-8-17(21(26)27)20(25)23-19(13)16;/h7-10,22H,3-6,11H2,1-2H3,(H,23,25)(H,26,27);1H. The highest BCUT2D eigenvalue weighted by molar-refractivity contribution is 5.90. The molecule has 0 atom stereocenters. The van der Waals surface area contributed by atoms with Crippen LogP contribution in [0, 0.1) is 0 Å². The van der Waals surface area contributed by atoms with Crippen LogP contribution in [0.25, 0.3) is 22.2 Å². The first-order valence-electron chi connectivity index (χ1n) is 9.31. The smallest absolute Gasteiger partial charge is 0.341 e. The number of benzene rings is 1. The number of hydrogen-bond acceptors (Lipinski definition) is 3. The summed E-state index contributed by atoms with van der Waals surface area (Å²) in [5, 5.41) is 13.7. The summed E-state index contributed by atoms with van der Waals surface area (Å²) < 4.78 is 2.21. The highest BCUT2D eigenvalue weighted by Gasteiger charge is 2.21. The molecular formula is C21H24ClN3O3. The zero-order chi connectivity index (χ0) is 19.1. The van der Waals surface area contributed by atoms with E-state index >= 15 is 0 Å². The number of halogens is 1. The van der Waals surface area contributed by atoms with Gasteiger partial charge in [0.25, 0.3) is 5.56 Å². The molecule has 1 aromatic carbocycles. The lowest BCUT2D eigenvalue weighted by atomic mass is 9.99. The lowest BCUT2D eigenvalue weighted by molar-refractivity contribution is 0.0695. The van der Waals surface area contributed by atoms with Gasteiger partial charge in [-0.2, -0.15) is 0 Å². The Morgan fingerprint density at radius 2 is 1.96 bits per heavy atom. The lowest BCUT2D eigenvalue weighted by Gasteiger charge is -2.11. The zero-order valence-electron chi connectivity index (χ0n) is 16.0. The number of H-pyrrole nitrogens is 1. The minimum Gasteiger partial charge on any atom is -0.477 e. The molecule has 4 rings (SSSR count). The molecule has 28 heavy (non-hydrogen) atoms. The monoisotopic (exact) mass is 401 g/mol. The minimum absolute atomic E-state index is 0. The maximum Gasteiger partial charge on any atom is 0.341 e. The summed E-state index contributed by atoms with van der Waals surface area (Å²) in [5.41, 5.74) is 5.50. The summed E-state index contributed by atoms with van der Waals surface area (Å²) in [6.07, 6.45) is 2.58. The first-order chi connectivity index (χ1) is 13.0. The van der Waals surface area contributed by atoms with Crippen LogP contribution >= 0.6 is 12.4 Å². The van der Waals surface area contributed by atoms with E-state index < -0.39 is 11.5 Å². The Hall–Kier alpha value is -2.57. The van der Waals surface area contributed by atoms with Crippen molar-refractivity contribution < 1.29 is 9.90 Å². The van der Waals surface area contributed by atoms with E-state index in [0.717, 1.165) is 54.6 Å². The van der Waals surface area contributed by atoms with E-state index in [4.69, 9.17) is 0 Å². The molecule has 3 aromatic rings. The van der Waals surface area contributed by atoms with Crippen molar-refractivity contribution in [3.05, 3.63) is 57.0 Å². The minimum atomic E-state index is -1.19. The predicted molar refractivity (Wildman–Crippen MR) is 113 cm³/mol. The topological polar surface area (TPSA) is 87.1 Å². The van der Waals surface area contributed by atoms with E-state index in [1.54, 1.807) is 0 Å². The number of carboxylic acids is 1. The zero-order valence-corrected chi connectivity index (χ0v) is 16.8. The van der Waals surface area contributed by atoms with Gasteiger partial charge in [0.15, 0.2) is 0 Å². The quantitative estimate of drug-likeness (QED) is 0.626. The van der Waals surface area contributed by atoms with Crippen molar-refractivity contribution in [2.24, 2.45) is 7.05 Å². The van der Waals surface area contributed by atoms with Gasteiger partial charge in [0, 0.05) is 35.8 Å². The number of fused-ring (bicyclic) bond motifs is 4. The van der Waals surface area contributed by atoms with Crippen LogP contribution in [0.3, 0.4) is 0 Å². The number of rotatable bonds is 4.